The van der Waals surface area contributed by atoms with E-state index in [4.69, 9.17) is 0 Å². The zero-order valence-electron chi connectivity index (χ0n) is 12.3. The Balaban J connectivity index is 1.93. The molecule has 4 nitrogen and oxygen atoms in total. The second-order valence-corrected chi connectivity index (χ2v) is 6.19. The van der Waals surface area contributed by atoms with Crippen LogP contribution in [0.1, 0.15) is 6.42 Å². The molecule has 1 aromatic carbocycles. The van der Waals surface area contributed by atoms with Gasteiger partial charge in [-0.15, -0.1) is 11.8 Å². The van der Waals surface area contributed by atoms with Gasteiger partial charge < -0.3 is 10.2 Å². The lowest BCUT2D eigenvalue weighted by molar-refractivity contribution is -0.119. The summed E-state index contributed by atoms with van der Waals surface area (Å²) in [4.78, 5) is 17.7. The summed E-state index contributed by atoms with van der Waals surface area (Å²) in [6.45, 7) is 3.23. The zero-order valence-corrected chi connectivity index (χ0v) is 13.1. The van der Waals surface area contributed by atoms with Crippen molar-refractivity contribution in [3.63, 3.8) is 0 Å². The molecular weight excluding hydrogens is 270 g/mol. The van der Waals surface area contributed by atoms with Crippen molar-refractivity contribution >= 4 is 23.4 Å². The molecule has 1 aliphatic rings. The molecule has 110 valence electrons. The van der Waals surface area contributed by atoms with Crippen LogP contribution in [0.15, 0.2) is 29.2 Å². The van der Waals surface area contributed by atoms with Crippen molar-refractivity contribution in [3.05, 3.63) is 24.3 Å². The predicted octanol–water partition coefficient (Wildman–Crippen LogP) is 1.67. The van der Waals surface area contributed by atoms with E-state index in [1.54, 1.807) is 0 Å². The molecule has 0 atom stereocenters. The van der Waals surface area contributed by atoms with Crippen LogP contribution < -0.4 is 10.2 Å². The minimum absolute atomic E-state index is 0.199. The van der Waals surface area contributed by atoms with Crippen molar-refractivity contribution in [1.29, 1.82) is 0 Å². The maximum atomic E-state index is 12.5. The average molecular weight is 293 g/mol. The number of amides is 1. The van der Waals surface area contributed by atoms with Crippen molar-refractivity contribution in [2.24, 2.45) is 0 Å². The molecule has 0 bridgehead atoms. The molecule has 1 aromatic rings. The minimum Gasteiger partial charge on any atom is -0.320 e. The standard InChI is InChI=1S/C15H23N3OS/c1-16-8-5-9-17(2)12-15(19)18-10-11-20-14-7-4-3-6-13(14)18/h3-4,6-7,16H,5,8-12H2,1-2H3. The molecule has 0 saturated carbocycles. The van der Waals surface area contributed by atoms with Crippen LogP contribution in [0, 0.1) is 0 Å². The number of thioether (sulfide) groups is 1. The molecule has 0 unspecified atom stereocenters. The summed E-state index contributed by atoms with van der Waals surface area (Å²) >= 11 is 1.83. The van der Waals surface area contributed by atoms with Gasteiger partial charge in [0, 0.05) is 17.2 Å². The monoisotopic (exact) mass is 293 g/mol. The first-order valence-corrected chi connectivity index (χ1v) is 8.06. The van der Waals surface area contributed by atoms with Crippen LogP contribution in [0.25, 0.3) is 0 Å². The van der Waals surface area contributed by atoms with Crippen molar-refractivity contribution in [2.45, 2.75) is 11.3 Å². The molecule has 1 aliphatic heterocycles. The number of nitrogens with one attached hydrogen (secondary N) is 1. The van der Waals surface area contributed by atoms with Gasteiger partial charge in [0.25, 0.3) is 0 Å². The molecule has 0 saturated heterocycles. The Morgan fingerprint density at radius 2 is 2.25 bits per heavy atom. The molecular formula is C15H23N3OS. The van der Waals surface area contributed by atoms with E-state index < -0.39 is 0 Å². The van der Waals surface area contributed by atoms with Crippen LogP contribution in [0.4, 0.5) is 5.69 Å². The van der Waals surface area contributed by atoms with Gasteiger partial charge in [-0.2, -0.15) is 0 Å². The Labute approximate surface area is 125 Å². The Bertz CT molecular complexity index is 452. The number of likely N-dealkylation sites (N-methyl/N-ethyl adjacent to an activating group) is 1. The van der Waals surface area contributed by atoms with Gasteiger partial charge in [-0.05, 0) is 45.7 Å². The summed E-state index contributed by atoms with van der Waals surface area (Å²) in [5, 5.41) is 3.13. The van der Waals surface area contributed by atoms with Crippen molar-refractivity contribution < 1.29 is 4.79 Å². The lowest BCUT2D eigenvalue weighted by atomic mass is 10.2. The van der Waals surface area contributed by atoms with Gasteiger partial charge in [-0.25, -0.2) is 0 Å². The van der Waals surface area contributed by atoms with E-state index in [9.17, 15) is 4.79 Å². The Hall–Kier alpha value is -1.04. The van der Waals surface area contributed by atoms with Crippen LogP contribution in [-0.4, -0.2) is 56.8 Å². The van der Waals surface area contributed by atoms with Crippen LogP contribution >= 0.6 is 11.8 Å². The fourth-order valence-corrected chi connectivity index (χ4v) is 3.34. The van der Waals surface area contributed by atoms with Gasteiger partial charge in [0.15, 0.2) is 0 Å². The second-order valence-electron chi connectivity index (χ2n) is 5.06. The Kier molecular flexibility index (Phi) is 5.88. The third-order valence-corrected chi connectivity index (χ3v) is 4.44. The summed E-state index contributed by atoms with van der Waals surface area (Å²) in [5.74, 6) is 1.18. The molecule has 5 heteroatoms. The number of hydrogen-bond donors (Lipinski definition) is 1. The van der Waals surface area contributed by atoms with Gasteiger partial charge in [-0.1, -0.05) is 12.1 Å². The molecule has 2 rings (SSSR count). The smallest absolute Gasteiger partial charge is 0.241 e. The molecule has 0 fully saturated rings. The number of rotatable bonds is 6. The molecule has 0 radical (unpaired) electrons. The number of carbonyl (C=O) groups is 1. The van der Waals surface area contributed by atoms with E-state index in [1.807, 2.05) is 49.0 Å². The minimum atomic E-state index is 0.199. The maximum Gasteiger partial charge on any atom is 0.241 e. The Morgan fingerprint density at radius 1 is 1.45 bits per heavy atom. The fourth-order valence-electron chi connectivity index (χ4n) is 2.35. The SMILES string of the molecule is CNCCCN(C)CC(=O)N1CCSc2ccccc21. The van der Waals surface area contributed by atoms with Gasteiger partial charge in [0.05, 0.1) is 12.2 Å². The largest absolute Gasteiger partial charge is 0.320 e. The summed E-state index contributed by atoms with van der Waals surface area (Å²) in [6, 6.07) is 8.17. The topological polar surface area (TPSA) is 35.6 Å². The predicted molar refractivity (Wildman–Crippen MR) is 85.6 cm³/mol. The highest BCUT2D eigenvalue weighted by Gasteiger charge is 2.23. The van der Waals surface area contributed by atoms with E-state index in [0.29, 0.717) is 6.54 Å². The molecule has 0 spiro atoms. The molecule has 1 amide bonds. The maximum absolute atomic E-state index is 12.5. The highest BCUT2D eigenvalue weighted by atomic mass is 32.2. The lowest BCUT2D eigenvalue weighted by Crippen LogP contribution is -2.42. The molecule has 0 aliphatic carbocycles. The van der Waals surface area contributed by atoms with Crippen LogP contribution in [0.5, 0.6) is 0 Å². The highest BCUT2D eigenvalue weighted by molar-refractivity contribution is 7.99. The summed E-state index contributed by atoms with van der Waals surface area (Å²) < 4.78 is 0. The van der Waals surface area contributed by atoms with Crippen LogP contribution in [0.2, 0.25) is 0 Å². The number of fused-ring (bicyclic) bond motifs is 1. The first-order valence-electron chi connectivity index (χ1n) is 7.07. The second kappa shape index (κ2) is 7.67. The normalized spacial score (nSPS) is 14.4. The number of benzene rings is 1. The van der Waals surface area contributed by atoms with E-state index in [0.717, 1.165) is 37.5 Å². The van der Waals surface area contributed by atoms with Gasteiger partial charge in [0.2, 0.25) is 5.91 Å². The zero-order chi connectivity index (χ0) is 14.4. The van der Waals surface area contributed by atoms with Gasteiger partial charge >= 0.3 is 0 Å². The van der Waals surface area contributed by atoms with E-state index >= 15 is 0 Å². The number of hydrogen-bond acceptors (Lipinski definition) is 4. The van der Waals surface area contributed by atoms with Crippen molar-refractivity contribution in [2.75, 3.05) is 50.9 Å². The van der Waals surface area contributed by atoms with Gasteiger partial charge in [-0.3, -0.25) is 9.69 Å². The summed E-state index contributed by atoms with van der Waals surface area (Å²) in [6.07, 6.45) is 1.06. The number of para-hydroxylation sites is 1. The number of carbonyl (C=O) groups excluding carboxylic acids is 1. The van der Waals surface area contributed by atoms with Crippen molar-refractivity contribution in [3.8, 4) is 0 Å². The summed E-state index contributed by atoms with van der Waals surface area (Å²) in [7, 11) is 3.96. The lowest BCUT2D eigenvalue weighted by Gasteiger charge is -2.30. The first kappa shape index (κ1) is 15.4. The van der Waals surface area contributed by atoms with Crippen molar-refractivity contribution in [1.82, 2.24) is 10.2 Å². The third-order valence-electron chi connectivity index (χ3n) is 3.40. The van der Waals surface area contributed by atoms with E-state index in [2.05, 4.69) is 16.3 Å². The van der Waals surface area contributed by atoms with Gasteiger partial charge in [0.1, 0.15) is 0 Å². The molecule has 1 N–H and O–H groups in total. The number of anilines is 1. The quantitative estimate of drug-likeness (QED) is 0.809. The third kappa shape index (κ3) is 3.98. The first-order chi connectivity index (χ1) is 9.72. The fraction of sp³-hybridized carbons (Fsp3) is 0.533. The molecule has 1 heterocycles. The molecule has 0 aromatic heterocycles. The average Bonchev–Trinajstić information content (AvgIpc) is 2.47. The number of nitrogens with zero attached hydrogens (tertiary/aromatic N) is 2. The van der Waals surface area contributed by atoms with E-state index in [1.165, 1.54) is 4.90 Å². The molecule has 20 heavy (non-hydrogen) atoms. The summed E-state index contributed by atoms with van der Waals surface area (Å²) in [5.41, 5.74) is 1.07. The van der Waals surface area contributed by atoms with E-state index in [-0.39, 0.29) is 5.91 Å². The van der Waals surface area contributed by atoms with Crippen LogP contribution in [-0.2, 0) is 4.79 Å². The van der Waals surface area contributed by atoms with Crippen LogP contribution in [0.3, 0.4) is 0 Å². The Morgan fingerprint density at radius 3 is 3.05 bits per heavy atom. The highest BCUT2D eigenvalue weighted by Crippen LogP contribution is 2.34.